The lowest BCUT2D eigenvalue weighted by Crippen LogP contribution is -2.11. The molecule has 0 radical (unpaired) electrons. The monoisotopic (exact) mass is 653 g/mol. The fourth-order valence-electron chi connectivity index (χ4n) is 7.47. The van der Waals surface area contributed by atoms with Gasteiger partial charge in [0.15, 0.2) is 0 Å². The van der Waals surface area contributed by atoms with Crippen LogP contribution in [0.4, 0.5) is 17.1 Å². The third-order valence-electron chi connectivity index (χ3n) is 9.89. The number of hydrogen-bond acceptors (Lipinski definition) is 3. The number of hydrogen-bond donors (Lipinski definition) is 0. The maximum absolute atomic E-state index is 6.41. The SMILES string of the molecule is c1ccc(-c2ccc(-c3cccc(N(c4ccccc4-c4ccc5c(c4)oc4ccccc45)c4cccc5oc6ccccc6c45)c3)cc2)cc1. The smallest absolute Gasteiger partial charge is 0.137 e. The lowest BCUT2D eigenvalue weighted by Gasteiger charge is -2.29. The predicted molar refractivity (Wildman–Crippen MR) is 212 cm³/mol. The Balaban J connectivity index is 1.17. The van der Waals surface area contributed by atoms with E-state index >= 15 is 0 Å². The van der Waals surface area contributed by atoms with E-state index in [9.17, 15) is 0 Å². The van der Waals surface area contributed by atoms with Crippen LogP contribution in [0.25, 0.3) is 77.3 Å². The Labute approximate surface area is 295 Å². The average Bonchev–Trinajstić information content (AvgIpc) is 3.77. The third kappa shape index (κ3) is 4.98. The topological polar surface area (TPSA) is 29.5 Å². The van der Waals surface area contributed by atoms with Crippen LogP contribution >= 0.6 is 0 Å². The highest BCUT2D eigenvalue weighted by Crippen LogP contribution is 2.47. The molecule has 3 nitrogen and oxygen atoms in total. The first-order valence-corrected chi connectivity index (χ1v) is 17.3. The quantitative estimate of drug-likeness (QED) is 0.179. The summed E-state index contributed by atoms with van der Waals surface area (Å²) in [6.45, 7) is 0. The molecule has 0 saturated heterocycles. The molecule has 10 aromatic rings. The molecule has 2 heterocycles. The van der Waals surface area contributed by atoms with Crippen LogP contribution in [0.2, 0.25) is 0 Å². The van der Waals surface area contributed by atoms with E-state index in [1.54, 1.807) is 0 Å². The number of fused-ring (bicyclic) bond motifs is 6. The first-order chi connectivity index (χ1) is 25.3. The molecule has 0 bridgehead atoms. The van der Waals surface area contributed by atoms with E-state index in [4.69, 9.17) is 8.83 Å². The molecule has 0 amide bonds. The molecular weight excluding hydrogens is 623 g/mol. The highest BCUT2D eigenvalue weighted by molar-refractivity contribution is 6.14. The molecule has 0 aliphatic rings. The Bertz CT molecular complexity index is 2860. The molecule has 0 saturated carbocycles. The first kappa shape index (κ1) is 29.1. The molecule has 2 aromatic heterocycles. The van der Waals surface area contributed by atoms with E-state index in [0.717, 1.165) is 83.2 Å². The Hall–Kier alpha value is -6.84. The van der Waals surface area contributed by atoms with Crippen LogP contribution in [0, 0.1) is 0 Å². The van der Waals surface area contributed by atoms with Gasteiger partial charge in [-0.25, -0.2) is 0 Å². The van der Waals surface area contributed by atoms with Crippen molar-refractivity contribution >= 4 is 60.9 Å². The minimum Gasteiger partial charge on any atom is -0.456 e. The van der Waals surface area contributed by atoms with Crippen LogP contribution in [0.15, 0.2) is 197 Å². The molecule has 0 N–H and O–H groups in total. The van der Waals surface area contributed by atoms with Crippen LogP contribution in [0.3, 0.4) is 0 Å². The Morgan fingerprint density at radius 1 is 0.314 bits per heavy atom. The molecule has 0 aliphatic carbocycles. The van der Waals surface area contributed by atoms with Gasteiger partial charge in [0, 0.05) is 27.4 Å². The van der Waals surface area contributed by atoms with Crippen molar-refractivity contribution in [3.63, 3.8) is 0 Å². The van der Waals surface area contributed by atoms with Gasteiger partial charge in [-0.05, 0) is 82.4 Å². The van der Waals surface area contributed by atoms with E-state index in [1.807, 2.05) is 24.3 Å². The van der Waals surface area contributed by atoms with E-state index in [1.165, 1.54) is 11.1 Å². The summed E-state index contributed by atoms with van der Waals surface area (Å²) in [5.41, 5.74) is 13.5. The van der Waals surface area contributed by atoms with Gasteiger partial charge < -0.3 is 13.7 Å². The Kier molecular flexibility index (Phi) is 6.81. The summed E-state index contributed by atoms with van der Waals surface area (Å²) >= 11 is 0. The number of anilines is 3. The summed E-state index contributed by atoms with van der Waals surface area (Å²) in [5, 5.41) is 4.40. The minimum atomic E-state index is 0.854. The average molecular weight is 654 g/mol. The summed E-state index contributed by atoms with van der Waals surface area (Å²) < 4.78 is 12.8. The summed E-state index contributed by atoms with van der Waals surface area (Å²) in [6, 6.07) is 66.2. The third-order valence-corrected chi connectivity index (χ3v) is 9.89. The standard InChI is InChI=1S/C48H31NO2/c1-2-12-32(13-3-1)33-24-26-34(27-25-33)35-14-10-15-37(30-35)49(43-20-11-23-46-48(43)41-18-6-9-22-45(41)50-46)42-19-7-4-16-38(42)36-28-29-40-39-17-5-8-21-44(39)51-47(40)31-36/h1-31H. The van der Waals surface area contributed by atoms with Crippen molar-refractivity contribution in [1.82, 2.24) is 0 Å². The fourth-order valence-corrected chi connectivity index (χ4v) is 7.47. The Morgan fingerprint density at radius 3 is 1.71 bits per heavy atom. The van der Waals surface area contributed by atoms with E-state index in [-0.39, 0.29) is 0 Å². The van der Waals surface area contributed by atoms with Gasteiger partial charge in [-0.1, -0.05) is 133 Å². The summed E-state index contributed by atoms with van der Waals surface area (Å²) in [6.07, 6.45) is 0. The van der Waals surface area contributed by atoms with E-state index < -0.39 is 0 Å². The molecule has 0 spiro atoms. The minimum absolute atomic E-state index is 0.854. The molecule has 51 heavy (non-hydrogen) atoms. The van der Waals surface area contributed by atoms with E-state index in [2.05, 4.69) is 169 Å². The van der Waals surface area contributed by atoms with Crippen LogP contribution in [-0.2, 0) is 0 Å². The lowest BCUT2D eigenvalue weighted by atomic mass is 9.98. The zero-order valence-electron chi connectivity index (χ0n) is 27.7. The van der Waals surface area contributed by atoms with Crippen molar-refractivity contribution < 1.29 is 8.83 Å². The van der Waals surface area contributed by atoms with Crippen molar-refractivity contribution in [1.29, 1.82) is 0 Å². The van der Waals surface area contributed by atoms with Gasteiger partial charge in [-0.3, -0.25) is 0 Å². The first-order valence-electron chi connectivity index (χ1n) is 17.3. The highest BCUT2D eigenvalue weighted by atomic mass is 16.3. The molecule has 0 fully saturated rings. The molecule has 0 unspecified atom stereocenters. The summed E-state index contributed by atoms with van der Waals surface area (Å²) in [4.78, 5) is 2.38. The molecule has 0 atom stereocenters. The second kappa shape index (κ2) is 11.9. The largest absolute Gasteiger partial charge is 0.456 e. The van der Waals surface area contributed by atoms with Crippen LogP contribution in [-0.4, -0.2) is 0 Å². The van der Waals surface area contributed by atoms with Crippen LogP contribution < -0.4 is 4.90 Å². The number of para-hydroxylation sites is 3. The normalized spacial score (nSPS) is 11.5. The number of rotatable bonds is 6. The van der Waals surface area contributed by atoms with Crippen LogP contribution in [0.5, 0.6) is 0 Å². The maximum atomic E-state index is 6.41. The highest BCUT2D eigenvalue weighted by Gasteiger charge is 2.22. The second-order valence-electron chi connectivity index (χ2n) is 12.9. The number of furan rings is 2. The molecular formula is C48H31NO2. The molecule has 8 aromatic carbocycles. The molecule has 0 aliphatic heterocycles. The van der Waals surface area contributed by atoms with Crippen molar-refractivity contribution in [2.75, 3.05) is 4.90 Å². The zero-order valence-corrected chi connectivity index (χ0v) is 27.7. The van der Waals surface area contributed by atoms with Crippen LogP contribution in [0.1, 0.15) is 0 Å². The van der Waals surface area contributed by atoms with Crippen molar-refractivity contribution in [2.45, 2.75) is 0 Å². The van der Waals surface area contributed by atoms with Crippen molar-refractivity contribution in [2.24, 2.45) is 0 Å². The maximum Gasteiger partial charge on any atom is 0.137 e. The van der Waals surface area contributed by atoms with Gasteiger partial charge in [-0.2, -0.15) is 0 Å². The van der Waals surface area contributed by atoms with Gasteiger partial charge in [0.1, 0.15) is 22.3 Å². The summed E-state index contributed by atoms with van der Waals surface area (Å²) in [5.74, 6) is 0. The predicted octanol–water partition coefficient (Wildman–Crippen LogP) is 14.0. The lowest BCUT2D eigenvalue weighted by molar-refractivity contribution is 0.668. The van der Waals surface area contributed by atoms with E-state index in [0.29, 0.717) is 0 Å². The van der Waals surface area contributed by atoms with Crippen molar-refractivity contribution in [3.05, 3.63) is 188 Å². The van der Waals surface area contributed by atoms with Gasteiger partial charge in [-0.15, -0.1) is 0 Å². The van der Waals surface area contributed by atoms with Gasteiger partial charge in [0.05, 0.1) is 16.8 Å². The van der Waals surface area contributed by atoms with Gasteiger partial charge >= 0.3 is 0 Å². The number of benzene rings is 8. The molecule has 240 valence electrons. The van der Waals surface area contributed by atoms with Gasteiger partial charge in [0.25, 0.3) is 0 Å². The Morgan fingerprint density at radius 2 is 0.863 bits per heavy atom. The van der Waals surface area contributed by atoms with Crippen molar-refractivity contribution in [3.8, 4) is 33.4 Å². The summed E-state index contributed by atoms with van der Waals surface area (Å²) in [7, 11) is 0. The number of nitrogens with zero attached hydrogens (tertiary/aromatic N) is 1. The molecule has 3 heteroatoms. The molecule has 10 rings (SSSR count). The van der Waals surface area contributed by atoms with Gasteiger partial charge in [0.2, 0.25) is 0 Å². The zero-order chi connectivity index (χ0) is 33.7. The fraction of sp³-hybridized carbons (Fsp3) is 0. The second-order valence-corrected chi connectivity index (χ2v) is 12.9.